The highest BCUT2D eigenvalue weighted by Gasteiger charge is 2.40. The molecule has 0 N–H and O–H groups in total. The third-order valence-electron chi connectivity index (χ3n) is 4.64. The molecule has 3 aliphatic rings. The molecule has 0 aromatic carbocycles. The van der Waals surface area contributed by atoms with Gasteiger partial charge in [0.2, 0.25) is 0 Å². The zero-order valence-corrected chi connectivity index (χ0v) is 12.7. The van der Waals surface area contributed by atoms with E-state index in [-0.39, 0.29) is 5.79 Å². The first-order chi connectivity index (χ1) is 10.8. The lowest BCUT2D eigenvalue weighted by Crippen LogP contribution is -2.45. The number of morpholine rings is 1. The van der Waals surface area contributed by atoms with Gasteiger partial charge in [0.25, 0.3) is 0 Å². The van der Waals surface area contributed by atoms with Crippen molar-refractivity contribution < 1.29 is 14.2 Å². The van der Waals surface area contributed by atoms with Gasteiger partial charge in [-0.2, -0.15) is 0 Å². The lowest BCUT2D eigenvalue weighted by atomic mass is 10.0. The topological polar surface area (TPSA) is 60.0 Å². The van der Waals surface area contributed by atoms with Crippen LogP contribution in [-0.2, 0) is 14.2 Å². The summed E-state index contributed by atoms with van der Waals surface area (Å²) >= 11 is 0. The molecule has 7 heteroatoms. The number of hydrogen-bond acceptors (Lipinski definition) is 7. The van der Waals surface area contributed by atoms with Gasteiger partial charge in [-0.25, -0.2) is 9.97 Å². The number of nitrogens with zero attached hydrogens (tertiary/aromatic N) is 4. The second-order valence-corrected chi connectivity index (χ2v) is 5.93. The fourth-order valence-corrected chi connectivity index (χ4v) is 3.34. The van der Waals surface area contributed by atoms with E-state index in [9.17, 15) is 0 Å². The molecule has 0 radical (unpaired) electrons. The molecule has 4 heterocycles. The minimum atomic E-state index is -0.337. The zero-order chi connectivity index (χ0) is 14.8. The number of aromatic nitrogens is 2. The highest BCUT2D eigenvalue weighted by Crippen LogP contribution is 2.33. The van der Waals surface area contributed by atoms with Gasteiger partial charge in [0.05, 0.1) is 26.4 Å². The van der Waals surface area contributed by atoms with Gasteiger partial charge >= 0.3 is 0 Å². The van der Waals surface area contributed by atoms with Crippen molar-refractivity contribution in [2.24, 2.45) is 0 Å². The van der Waals surface area contributed by atoms with Crippen molar-refractivity contribution in [3.63, 3.8) is 0 Å². The third-order valence-corrected chi connectivity index (χ3v) is 4.64. The van der Waals surface area contributed by atoms with Crippen molar-refractivity contribution in [1.29, 1.82) is 0 Å². The van der Waals surface area contributed by atoms with Crippen LogP contribution < -0.4 is 9.80 Å². The molecule has 120 valence electrons. The number of hydrogen-bond donors (Lipinski definition) is 0. The largest absolute Gasteiger partial charge is 0.378 e. The summed E-state index contributed by atoms with van der Waals surface area (Å²) in [5.41, 5.74) is 0. The van der Waals surface area contributed by atoms with E-state index in [1.54, 1.807) is 6.33 Å². The molecule has 1 aromatic rings. The molecule has 0 saturated carbocycles. The molecule has 1 aromatic heterocycles. The van der Waals surface area contributed by atoms with Crippen LogP contribution >= 0.6 is 0 Å². The summed E-state index contributed by atoms with van der Waals surface area (Å²) in [5, 5.41) is 0. The fourth-order valence-electron chi connectivity index (χ4n) is 3.34. The Hall–Kier alpha value is -1.44. The van der Waals surface area contributed by atoms with E-state index in [4.69, 9.17) is 14.2 Å². The first-order valence-electron chi connectivity index (χ1n) is 8.02. The van der Waals surface area contributed by atoms with Gasteiger partial charge in [0.15, 0.2) is 5.79 Å². The summed E-state index contributed by atoms with van der Waals surface area (Å²) in [5.74, 6) is 1.64. The summed E-state index contributed by atoms with van der Waals surface area (Å²) in [7, 11) is 0. The van der Waals surface area contributed by atoms with Crippen molar-refractivity contribution in [3.8, 4) is 0 Å². The molecule has 4 rings (SSSR count). The van der Waals surface area contributed by atoms with Gasteiger partial charge in [0, 0.05) is 45.1 Å². The van der Waals surface area contributed by atoms with Crippen molar-refractivity contribution >= 4 is 11.6 Å². The van der Waals surface area contributed by atoms with Gasteiger partial charge in [-0.1, -0.05) is 0 Å². The molecule has 7 nitrogen and oxygen atoms in total. The van der Waals surface area contributed by atoms with Crippen molar-refractivity contribution in [3.05, 3.63) is 12.4 Å². The Labute approximate surface area is 130 Å². The van der Waals surface area contributed by atoms with Crippen LogP contribution in [0.25, 0.3) is 0 Å². The second kappa shape index (κ2) is 5.98. The average Bonchev–Trinajstić information content (AvgIpc) is 3.05. The maximum absolute atomic E-state index is 5.78. The van der Waals surface area contributed by atoms with E-state index in [2.05, 4.69) is 25.8 Å². The van der Waals surface area contributed by atoms with Crippen LogP contribution in [0.5, 0.6) is 0 Å². The number of ether oxygens (including phenoxy) is 3. The quantitative estimate of drug-likeness (QED) is 0.795. The molecular weight excluding hydrogens is 284 g/mol. The minimum Gasteiger partial charge on any atom is -0.378 e. The SMILES string of the molecule is c1nc(N2CCOCC2)cc(N2CCC3(CC2)OCCO3)n1. The summed E-state index contributed by atoms with van der Waals surface area (Å²) < 4.78 is 17.0. The van der Waals surface area contributed by atoms with Gasteiger partial charge in [0.1, 0.15) is 18.0 Å². The summed E-state index contributed by atoms with van der Waals surface area (Å²) in [4.78, 5) is 13.4. The molecule has 0 aliphatic carbocycles. The van der Waals surface area contributed by atoms with Crippen molar-refractivity contribution in [2.45, 2.75) is 18.6 Å². The predicted octanol–water partition coefficient (Wildman–Crippen LogP) is 0.657. The maximum atomic E-state index is 5.78. The molecule has 0 bridgehead atoms. The van der Waals surface area contributed by atoms with E-state index < -0.39 is 0 Å². The van der Waals surface area contributed by atoms with E-state index in [1.807, 2.05) is 0 Å². The summed E-state index contributed by atoms with van der Waals surface area (Å²) in [6.07, 6.45) is 3.45. The van der Waals surface area contributed by atoms with Gasteiger partial charge in [-0.15, -0.1) is 0 Å². The molecule has 3 aliphatic heterocycles. The summed E-state index contributed by atoms with van der Waals surface area (Å²) in [6, 6.07) is 2.08. The average molecular weight is 306 g/mol. The standard InChI is InChI=1S/C15H22N4O3/c1-3-18(4-2-15(1)21-9-10-22-15)13-11-14(17-12-16-13)19-5-7-20-8-6-19/h11-12H,1-10H2. The van der Waals surface area contributed by atoms with Crippen LogP contribution in [0.3, 0.4) is 0 Å². The predicted molar refractivity (Wildman–Crippen MR) is 81.1 cm³/mol. The van der Waals surface area contributed by atoms with Crippen molar-refractivity contribution in [1.82, 2.24) is 9.97 Å². The van der Waals surface area contributed by atoms with Crippen LogP contribution in [0.1, 0.15) is 12.8 Å². The Morgan fingerprint density at radius 3 is 2.05 bits per heavy atom. The zero-order valence-electron chi connectivity index (χ0n) is 12.7. The van der Waals surface area contributed by atoms with Crippen LogP contribution in [0.2, 0.25) is 0 Å². The van der Waals surface area contributed by atoms with Crippen LogP contribution in [-0.4, -0.2) is 68.4 Å². The highest BCUT2D eigenvalue weighted by molar-refractivity contribution is 5.50. The van der Waals surface area contributed by atoms with Gasteiger partial charge < -0.3 is 24.0 Å². The second-order valence-electron chi connectivity index (χ2n) is 5.93. The fraction of sp³-hybridized carbons (Fsp3) is 0.733. The maximum Gasteiger partial charge on any atom is 0.171 e. The van der Waals surface area contributed by atoms with E-state index >= 15 is 0 Å². The van der Waals surface area contributed by atoms with E-state index in [0.29, 0.717) is 13.2 Å². The monoisotopic (exact) mass is 306 g/mol. The lowest BCUT2D eigenvalue weighted by molar-refractivity contribution is -0.169. The molecular formula is C15H22N4O3. The molecule has 22 heavy (non-hydrogen) atoms. The number of anilines is 2. The highest BCUT2D eigenvalue weighted by atomic mass is 16.7. The van der Waals surface area contributed by atoms with Crippen LogP contribution in [0.15, 0.2) is 12.4 Å². The molecule has 0 atom stereocenters. The van der Waals surface area contributed by atoms with Crippen LogP contribution in [0, 0.1) is 0 Å². The Morgan fingerprint density at radius 1 is 0.818 bits per heavy atom. The summed E-state index contributed by atoms with van der Waals surface area (Å²) in [6.45, 7) is 6.55. The molecule has 3 saturated heterocycles. The van der Waals surface area contributed by atoms with Crippen LogP contribution in [0.4, 0.5) is 11.6 Å². The molecule has 0 unspecified atom stereocenters. The Kier molecular flexibility index (Phi) is 3.85. The third kappa shape index (κ3) is 2.76. The molecule has 3 fully saturated rings. The smallest absolute Gasteiger partial charge is 0.171 e. The Balaban J connectivity index is 1.44. The normalized spacial score (nSPS) is 24.9. The lowest BCUT2D eigenvalue weighted by Gasteiger charge is -2.38. The number of rotatable bonds is 2. The number of piperidine rings is 1. The Morgan fingerprint density at radius 2 is 1.41 bits per heavy atom. The molecule has 1 spiro atoms. The van der Waals surface area contributed by atoms with E-state index in [1.165, 1.54) is 0 Å². The Bertz CT molecular complexity index is 505. The van der Waals surface area contributed by atoms with Crippen molar-refractivity contribution in [2.75, 3.05) is 62.4 Å². The first-order valence-corrected chi connectivity index (χ1v) is 8.02. The molecule has 0 amide bonds. The minimum absolute atomic E-state index is 0.337. The van der Waals surface area contributed by atoms with Gasteiger partial charge in [-0.05, 0) is 0 Å². The van der Waals surface area contributed by atoms with Gasteiger partial charge in [-0.3, -0.25) is 0 Å². The van der Waals surface area contributed by atoms with E-state index in [0.717, 1.165) is 63.9 Å². The first kappa shape index (κ1) is 14.2.